The molecular weight excluding hydrogens is 617 g/mol. The van der Waals surface area contributed by atoms with E-state index in [1.807, 2.05) is 37.3 Å². The van der Waals surface area contributed by atoms with Crippen molar-refractivity contribution in [3.8, 4) is 18.5 Å². The van der Waals surface area contributed by atoms with Gasteiger partial charge in [-0.15, -0.1) is 12.8 Å². The summed E-state index contributed by atoms with van der Waals surface area (Å²) in [5.41, 5.74) is 2.87. The van der Waals surface area contributed by atoms with Gasteiger partial charge in [-0.05, 0) is 37.9 Å². The normalized spacial score (nSPS) is 10.9. The van der Waals surface area contributed by atoms with E-state index in [0.717, 1.165) is 24.2 Å². The fourth-order valence-electron chi connectivity index (χ4n) is 3.37. The summed E-state index contributed by atoms with van der Waals surface area (Å²) in [6, 6.07) is 14.0. The summed E-state index contributed by atoms with van der Waals surface area (Å²) in [5, 5.41) is 28.9. The number of aliphatic hydroxyl groups excluding tert-OH is 2. The number of hydrogen-bond donors (Lipinski definition) is 5. The molecule has 0 fully saturated rings. The number of nitrogens with one attached hydrogen (secondary N) is 3. The number of rotatable bonds is 15. The van der Waals surface area contributed by atoms with Crippen LogP contribution in [0.1, 0.15) is 11.3 Å². The van der Waals surface area contributed by atoms with Gasteiger partial charge in [-0.3, -0.25) is 14.8 Å². The number of terminal acetylenes is 1. The van der Waals surface area contributed by atoms with Crippen molar-refractivity contribution in [2.75, 3.05) is 59.4 Å². The van der Waals surface area contributed by atoms with E-state index in [0.29, 0.717) is 37.4 Å². The van der Waals surface area contributed by atoms with Crippen LogP contribution in [0.5, 0.6) is 0 Å². The van der Waals surface area contributed by atoms with Gasteiger partial charge in [0.2, 0.25) is 12.4 Å². The maximum absolute atomic E-state index is 12.3. The number of hydrogen-bond acceptors (Lipinski definition) is 10. The Hall–Kier alpha value is -4.88. The van der Waals surface area contributed by atoms with Crippen LogP contribution in [-0.4, -0.2) is 111 Å². The van der Waals surface area contributed by atoms with Crippen molar-refractivity contribution in [2.24, 2.45) is 9.98 Å². The Morgan fingerprint density at radius 3 is 2.30 bits per heavy atom. The van der Waals surface area contributed by atoms with E-state index >= 15 is 0 Å². The number of para-hydroxylation sites is 1. The molecule has 0 bridgehead atoms. The van der Waals surface area contributed by atoms with Crippen LogP contribution in [0.25, 0.3) is 11.3 Å². The first-order chi connectivity index (χ1) is 22.8. The third-order valence-electron chi connectivity index (χ3n) is 5.36. The Kier molecular flexibility index (Phi) is 28.1. The monoisotopic (exact) mass is 662 g/mol. The van der Waals surface area contributed by atoms with Crippen LogP contribution >= 0.6 is 0 Å². The average molecular weight is 663 g/mol. The number of ether oxygens (including phenoxy) is 1. The quantitative estimate of drug-likeness (QED) is 0.0547. The van der Waals surface area contributed by atoms with Crippen LogP contribution in [0, 0.1) is 25.7 Å². The molecule has 0 aliphatic heterocycles. The van der Waals surface area contributed by atoms with Crippen molar-refractivity contribution in [3.63, 3.8) is 0 Å². The van der Waals surface area contributed by atoms with E-state index < -0.39 is 18.9 Å². The number of carbonyl (C=O) groups is 1. The molecule has 0 spiro atoms. The van der Waals surface area contributed by atoms with Gasteiger partial charge in [0.05, 0.1) is 31.5 Å². The SMILES string of the molecule is C#C.C=N/C=C(\C=NCC(F)F)c1nn(-c2ccccc2)c(NC)c1C.CO.COCCNC[C@H](CO)NC=O.Fc1ccccn1. The van der Waals surface area contributed by atoms with Crippen molar-refractivity contribution < 1.29 is 32.9 Å². The summed E-state index contributed by atoms with van der Waals surface area (Å²) in [6.07, 6.45) is 10.3. The molecule has 2 heterocycles. The van der Waals surface area contributed by atoms with Crippen molar-refractivity contribution >= 4 is 30.7 Å². The molecule has 2 aromatic heterocycles. The van der Waals surface area contributed by atoms with Gasteiger partial charge in [0.1, 0.15) is 11.5 Å². The molecule has 5 N–H and O–H groups in total. The molecule has 3 rings (SSSR count). The highest BCUT2D eigenvalue weighted by atomic mass is 19.3. The molecule has 47 heavy (non-hydrogen) atoms. The Labute approximate surface area is 274 Å². The molecule has 15 heteroatoms. The molecule has 0 radical (unpaired) electrons. The van der Waals surface area contributed by atoms with Gasteiger partial charge >= 0.3 is 0 Å². The second-order valence-electron chi connectivity index (χ2n) is 8.49. The van der Waals surface area contributed by atoms with Gasteiger partial charge in [0.25, 0.3) is 6.43 Å². The fourth-order valence-corrected chi connectivity index (χ4v) is 3.37. The Morgan fingerprint density at radius 1 is 1.17 bits per heavy atom. The molecule has 1 atom stereocenters. The first kappa shape index (κ1) is 44.2. The summed E-state index contributed by atoms with van der Waals surface area (Å²) >= 11 is 0. The molecule has 1 amide bonds. The Balaban J connectivity index is 0. The number of anilines is 1. The third kappa shape index (κ3) is 19.3. The lowest BCUT2D eigenvalue weighted by molar-refractivity contribution is -0.110. The van der Waals surface area contributed by atoms with Gasteiger partial charge in [0.15, 0.2) is 0 Å². The van der Waals surface area contributed by atoms with Gasteiger partial charge in [0, 0.05) is 64.1 Å². The highest BCUT2D eigenvalue weighted by molar-refractivity contribution is 6.10. The minimum absolute atomic E-state index is 0.0568. The largest absolute Gasteiger partial charge is 0.400 e. The first-order valence-corrected chi connectivity index (χ1v) is 13.9. The number of amides is 1. The first-order valence-electron chi connectivity index (χ1n) is 13.9. The van der Waals surface area contributed by atoms with Crippen LogP contribution in [0.3, 0.4) is 0 Å². The number of methoxy groups -OCH3 is 1. The smallest absolute Gasteiger partial charge is 0.257 e. The number of aliphatic hydroxyl groups is 2. The van der Waals surface area contributed by atoms with E-state index in [1.54, 1.807) is 31.0 Å². The molecule has 1 aromatic carbocycles. The number of pyridine rings is 1. The van der Waals surface area contributed by atoms with Crippen molar-refractivity contribution in [2.45, 2.75) is 19.4 Å². The number of halogens is 3. The molecule has 258 valence electrons. The second kappa shape index (κ2) is 29.8. The van der Waals surface area contributed by atoms with E-state index in [2.05, 4.69) is 55.6 Å². The molecule has 0 saturated carbocycles. The molecular formula is C32H45F3N8O4. The number of aromatic nitrogens is 3. The number of carbonyl (C=O) groups excluding carboxylic acids is 1. The fraction of sp³-hybridized carbons (Fsp3) is 0.344. The zero-order valence-electron chi connectivity index (χ0n) is 27.1. The minimum Gasteiger partial charge on any atom is -0.400 e. The van der Waals surface area contributed by atoms with Crippen LogP contribution in [0.4, 0.5) is 19.0 Å². The average Bonchev–Trinajstić information content (AvgIpc) is 3.44. The van der Waals surface area contributed by atoms with Crippen molar-refractivity contribution in [1.82, 2.24) is 25.4 Å². The molecule has 3 aromatic rings. The predicted molar refractivity (Wildman–Crippen MR) is 182 cm³/mol. The number of allylic oxidation sites excluding steroid dienone is 1. The topological polar surface area (TPSA) is 158 Å². The summed E-state index contributed by atoms with van der Waals surface area (Å²) in [6.45, 7) is 6.59. The van der Waals surface area contributed by atoms with Crippen molar-refractivity contribution in [3.05, 3.63) is 78.1 Å². The van der Waals surface area contributed by atoms with Gasteiger partial charge in [-0.2, -0.15) is 9.49 Å². The zero-order chi connectivity index (χ0) is 35.9. The number of nitrogens with zero attached hydrogens (tertiary/aromatic N) is 5. The van der Waals surface area contributed by atoms with E-state index in [-0.39, 0.29) is 12.6 Å². The molecule has 0 unspecified atom stereocenters. The predicted octanol–water partition coefficient (Wildman–Crippen LogP) is 3.01. The molecule has 0 saturated heterocycles. The summed E-state index contributed by atoms with van der Waals surface area (Å²) < 4.78 is 42.9. The van der Waals surface area contributed by atoms with E-state index in [9.17, 15) is 18.0 Å². The summed E-state index contributed by atoms with van der Waals surface area (Å²) in [4.78, 5) is 20.8. The van der Waals surface area contributed by atoms with Crippen LogP contribution in [0.2, 0.25) is 0 Å². The lowest BCUT2D eigenvalue weighted by Crippen LogP contribution is -2.41. The maximum atomic E-state index is 12.3. The van der Waals surface area contributed by atoms with Gasteiger partial charge < -0.3 is 30.9 Å². The number of alkyl halides is 2. The Bertz CT molecular complexity index is 1290. The van der Waals surface area contributed by atoms with Crippen LogP contribution < -0.4 is 16.0 Å². The van der Waals surface area contributed by atoms with E-state index in [4.69, 9.17) is 14.9 Å². The van der Waals surface area contributed by atoms with Crippen LogP contribution in [0.15, 0.2) is 70.9 Å². The highest BCUT2D eigenvalue weighted by Crippen LogP contribution is 2.27. The van der Waals surface area contributed by atoms with Gasteiger partial charge in [-0.1, -0.05) is 24.3 Å². The lowest BCUT2D eigenvalue weighted by Gasteiger charge is -2.13. The van der Waals surface area contributed by atoms with Gasteiger partial charge in [-0.25, -0.2) is 18.4 Å². The molecule has 12 nitrogen and oxygen atoms in total. The van der Waals surface area contributed by atoms with E-state index in [1.165, 1.54) is 24.7 Å². The summed E-state index contributed by atoms with van der Waals surface area (Å²) in [5.74, 6) is 0.371. The zero-order valence-corrected chi connectivity index (χ0v) is 27.1. The standard InChI is InChI=1S/C17H19F2N5.C7H16N2O3.C5H4FN.C2H2.CH4O/c1-12-16(13(9-20-2)10-22-11-15(18)19)23-24(17(12)21-3)14-7-5-4-6-8-14;1-12-3-2-8-4-7(5-10)9-6-11;6-5-3-1-2-4-7-5;2*1-2/h4-10,15,21H,2,11H2,1,3H3;6-8,10H,2-5H2,1H3,(H,9,11);1-4H;1-2H;2H,1H3/b13-9+,22-10?;;;;/t;7-;;;/m.1.../s1. The van der Waals surface area contributed by atoms with Crippen molar-refractivity contribution in [1.29, 1.82) is 0 Å². The van der Waals surface area contributed by atoms with Crippen LogP contribution in [-0.2, 0) is 9.53 Å². The number of aliphatic imine (C=N–C) groups is 2. The maximum Gasteiger partial charge on any atom is 0.257 e. The molecule has 0 aliphatic rings. The second-order valence-corrected chi connectivity index (χ2v) is 8.49. The molecule has 0 aliphatic carbocycles. The number of benzene rings is 1. The highest BCUT2D eigenvalue weighted by Gasteiger charge is 2.17. The lowest BCUT2D eigenvalue weighted by atomic mass is 10.1. The third-order valence-corrected chi connectivity index (χ3v) is 5.36. The minimum atomic E-state index is -2.49. The summed E-state index contributed by atoms with van der Waals surface area (Å²) in [7, 11) is 4.42. The Morgan fingerprint density at radius 2 is 1.83 bits per heavy atom.